The average Bonchev–Trinajstić information content (AvgIpc) is 2.93. The topological polar surface area (TPSA) is 117 Å². The van der Waals surface area contributed by atoms with Crippen LogP contribution >= 0.6 is 0 Å². The fraction of sp³-hybridized carbons (Fsp3) is 0.429. The number of hydrogen-bond acceptors (Lipinski definition) is 6. The molecular weight excluding hydrogens is 488 g/mol. The van der Waals surface area contributed by atoms with E-state index >= 15 is 0 Å². The zero-order chi connectivity index (χ0) is 27.7. The molecule has 4 amide bonds. The van der Waals surface area contributed by atoms with Crippen molar-refractivity contribution in [3.05, 3.63) is 48.5 Å². The van der Waals surface area contributed by atoms with Gasteiger partial charge in [-0.1, -0.05) is 0 Å². The Morgan fingerprint density at radius 1 is 0.658 bits per heavy atom. The molecule has 0 unspecified atom stereocenters. The van der Waals surface area contributed by atoms with Crippen molar-refractivity contribution in [1.29, 1.82) is 0 Å². The summed E-state index contributed by atoms with van der Waals surface area (Å²) in [7, 11) is 6.37. The molecule has 2 N–H and O–H groups in total. The van der Waals surface area contributed by atoms with Crippen LogP contribution in [0.1, 0.15) is 25.7 Å². The smallest absolute Gasteiger partial charge is 0.243 e. The monoisotopic (exact) mass is 524 g/mol. The van der Waals surface area contributed by atoms with Crippen molar-refractivity contribution in [3.8, 4) is 11.5 Å². The molecule has 0 radical (unpaired) electrons. The van der Waals surface area contributed by atoms with Gasteiger partial charge in [-0.25, -0.2) is 0 Å². The second-order valence-electron chi connectivity index (χ2n) is 9.49. The number of carbonyl (C=O) groups is 4. The van der Waals surface area contributed by atoms with Crippen molar-refractivity contribution in [3.63, 3.8) is 0 Å². The van der Waals surface area contributed by atoms with E-state index in [1.807, 2.05) is 0 Å². The summed E-state index contributed by atoms with van der Waals surface area (Å²) in [4.78, 5) is 53.5. The summed E-state index contributed by atoms with van der Waals surface area (Å²) in [5, 5.41) is 5.55. The van der Waals surface area contributed by atoms with Crippen molar-refractivity contribution in [2.45, 2.75) is 25.7 Å². The first kappa shape index (κ1) is 28.5. The van der Waals surface area contributed by atoms with Crippen molar-refractivity contribution in [2.75, 3.05) is 52.0 Å². The number of nitrogens with one attached hydrogen (secondary N) is 2. The minimum absolute atomic E-state index is 0.0598. The summed E-state index contributed by atoms with van der Waals surface area (Å²) in [6.45, 7) is -0.120. The maximum Gasteiger partial charge on any atom is 0.243 e. The predicted molar refractivity (Wildman–Crippen MR) is 144 cm³/mol. The molecule has 10 heteroatoms. The van der Waals surface area contributed by atoms with E-state index in [1.54, 1.807) is 76.8 Å². The van der Waals surface area contributed by atoms with E-state index in [2.05, 4.69) is 10.6 Å². The normalized spacial score (nSPS) is 16.6. The fourth-order valence-electron chi connectivity index (χ4n) is 4.55. The number of nitrogens with zero attached hydrogens (tertiary/aromatic N) is 2. The van der Waals surface area contributed by atoms with Gasteiger partial charge < -0.3 is 29.9 Å². The molecule has 2 aromatic rings. The van der Waals surface area contributed by atoms with Crippen LogP contribution in [-0.2, 0) is 19.2 Å². The number of anilines is 2. The zero-order valence-electron chi connectivity index (χ0n) is 22.4. The molecule has 0 aliphatic heterocycles. The highest BCUT2D eigenvalue weighted by Crippen LogP contribution is 2.31. The van der Waals surface area contributed by atoms with Gasteiger partial charge in [0.05, 0.1) is 27.3 Å². The van der Waals surface area contributed by atoms with Crippen LogP contribution < -0.4 is 20.1 Å². The first-order valence-corrected chi connectivity index (χ1v) is 12.6. The molecule has 0 saturated heterocycles. The third kappa shape index (κ3) is 7.96. The number of likely N-dealkylation sites (N-methyl/N-ethyl adjacent to an activating group) is 2. The molecule has 0 atom stereocenters. The lowest BCUT2D eigenvalue weighted by molar-refractivity contribution is -0.141. The summed E-state index contributed by atoms with van der Waals surface area (Å²) in [5.41, 5.74) is 1.25. The molecule has 0 heterocycles. The Bertz CT molecular complexity index is 1020. The number of carbonyl (C=O) groups excluding carboxylic acids is 4. The molecule has 0 aromatic heterocycles. The number of hydrogen-bond donors (Lipinski definition) is 2. The molecule has 0 bridgehead atoms. The number of rotatable bonds is 10. The van der Waals surface area contributed by atoms with Gasteiger partial charge in [0, 0.05) is 37.3 Å². The minimum atomic E-state index is -0.288. The minimum Gasteiger partial charge on any atom is -0.497 e. The van der Waals surface area contributed by atoms with Gasteiger partial charge >= 0.3 is 0 Å². The second kappa shape index (κ2) is 13.5. The number of benzene rings is 2. The fourth-order valence-corrected chi connectivity index (χ4v) is 4.55. The number of ether oxygens (including phenoxy) is 2. The van der Waals surface area contributed by atoms with Crippen molar-refractivity contribution < 1.29 is 28.7 Å². The molecule has 1 aliphatic rings. The van der Waals surface area contributed by atoms with Crippen LogP contribution in [0.2, 0.25) is 0 Å². The van der Waals surface area contributed by atoms with E-state index in [4.69, 9.17) is 9.47 Å². The lowest BCUT2D eigenvalue weighted by Gasteiger charge is -2.31. The first-order chi connectivity index (χ1) is 18.2. The average molecular weight is 525 g/mol. The first-order valence-electron chi connectivity index (χ1n) is 12.6. The number of methoxy groups -OCH3 is 2. The van der Waals surface area contributed by atoms with E-state index in [9.17, 15) is 19.2 Å². The Balaban J connectivity index is 1.41. The largest absolute Gasteiger partial charge is 0.497 e. The zero-order valence-corrected chi connectivity index (χ0v) is 22.4. The molecule has 2 aromatic carbocycles. The van der Waals surface area contributed by atoms with Crippen LogP contribution in [0.3, 0.4) is 0 Å². The standard InChI is InChI=1S/C28H36N4O6/c1-31(17-25(33)29-21-9-13-23(37-3)14-10-21)27(35)19-5-7-20(8-6-19)28(36)32(2)18-26(34)30-22-11-15-24(38-4)16-12-22/h9-16,19-20H,5-8,17-18H2,1-4H3,(H,29,33)(H,30,34). The maximum absolute atomic E-state index is 12.9. The summed E-state index contributed by atoms with van der Waals surface area (Å²) in [5.74, 6) is 0.123. The molecule has 10 nitrogen and oxygen atoms in total. The highest BCUT2D eigenvalue weighted by molar-refractivity contribution is 5.95. The van der Waals surface area contributed by atoms with Crippen molar-refractivity contribution in [1.82, 2.24) is 9.80 Å². The van der Waals surface area contributed by atoms with E-state index in [1.165, 1.54) is 9.80 Å². The van der Waals surface area contributed by atoms with Crippen molar-refractivity contribution >= 4 is 35.0 Å². The van der Waals surface area contributed by atoms with Crippen LogP contribution in [-0.4, -0.2) is 74.8 Å². The summed E-state index contributed by atoms with van der Waals surface area (Å²) < 4.78 is 10.2. The Morgan fingerprint density at radius 3 is 1.26 bits per heavy atom. The van der Waals surface area contributed by atoms with Crippen LogP contribution in [0, 0.1) is 11.8 Å². The van der Waals surface area contributed by atoms with E-state index in [0.29, 0.717) is 48.6 Å². The van der Waals surface area contributed by atoms with Gasteiger partial charge in [0.2, 0.25) is 23.6 Å². The maximum atomic E-state index is 12.9. The van der Waals surface area contributed by atoms with Gasteiger partial charge in [-0.3, -0.25) is 19.2 Å². The summed E-state index contributed by atoms with van der Waals surface area (Å²) >= 11 is 0. The molecule has 3 rings (SSSR count). The predicted octanol–water partition coefficient (Wildman–Crippen LogP) is 3.00. The molecule has 1 saturated carbocycles. The third-order valence-corrected chi connectivity index (χ3v) is 6.69. The van der Waals surface area contributed by atoms with Crippen LogP contribution in [0.5, 0.6) is 11.5 Å². The van der Waals surface area contributed by atoms with Crippen LogP contribution in [0.15, 0.2) is 48.5 Å². The number of amides is 4. The Kier molecular flexibility index (Phi) is 10.1. The summed E-state index contributed by atoms with van der Waals surface area (Å²) in [6.07, 6.45) is 2.24. The molecule has 1 aliphatic carbocycles. The van der Waals surface area contributed by atoms with Gasteiger partial charge in [0.15, 0.2) is 0 Å². The van der Waals surface area contributed by atoms with E-state index in [-0.39, 0.29) is 48.6 Å². The van der Waals surface area contributed by atoms with Crippen LogP contribution in [0.4, 0.5) is 11.4 Å². The quantitative estimate of drug-likeness (QED) is 0.494. The van der Waals surface area contributed by atoms with Gasteiger partial charge in [-0.05, 0) is 74.2 Å². The molecule has 38 heavy (non-hydrogen) atoms. The highest BCUT2D eigenvalue weighted by Gasteiger charge is 2.33. The lowest BCUT2D eigenvalue weighted by Crippen LogP contribution is -2.42. The molecule has 204 valence electrons. The van der Waals surface area contributed by atoms with Gasteiger partial charge in [0.25, 0.3) is 0 Å². The van der Waals surface area contributed by atoms with Gasteiger partial charge in [0.1, 0.15) is 11.5 Å². The van der Waals surface area contributed by atoms with Crippen molar-refractivity contribution in [2.24, 2.45) is 11.8 Å². The molecular formula is C28H36N4O6. The van der Waals surface area contributed by atoms with Crippen LogP contribution in [0.25, 0.3) is 0 Å². The summed E-state index contributed by atoms with van der Waals surface area (Å²) in [6, 6.07) is 13.9. The van der Waals surface area contributed by atoms with E-state index < -0.39 is 0 Å². The Hall–Kier alpha value is -4.08. The Morgan fingerprint density at radius 2 is 0.974 bits per heavy atom. The van der Waals surface area contributed by atoms with E-state index in [0.717, 1.165) is 0 Å². The SMILES string of the molecule is COc1ccc(NC(=O)CN(C)C(=O)C2CCC(C(=O)N(C)CC(=O)Nc3ccc(OC)cc3)CC2)cc1. The second-order valence-corrected chi connectivity index (χ2v) is 9.49. The van der Waals surface area contributed by atoms with Gasteiger partial charge in [-0.15, -0.1) is 0 Å². The van der Waals surface area contributed by atoms with Gasteiger partial charge in [-0.2, -0.15) is 0 Å². The highest BCUT2D eigenvalue weighted by atomic mass is 16.5. The molecule has 0 spiro atoms. The molecule has 1 fully saturated rings. The Labute approximate surface area is 223 Å². The lowest BCUT2D eigenvalue weighted by atomic mass is 9.80. The third-order valence-electron chi connectivity index (χ3n) is 6.69.